The van der Waals surface area contributed by atoms with Gasteiger partial charge in [-0.3, -0.25) is 0 Å². The molecule has 19 heavy (non-hydrogen) atoms. The summed E-state index contributed by atoms with van der Waals surface area (Å²) in [5.41, 5.74) is 6.07. The molecule has 0 atom stereocenters. The van der Waals surface area contributed by atoms with Crippen molar-refractivity contribution in [2.24, 2.45) is 0 Å². The Bertz CT molecular complexity index is 561. The number of imidazole rings is 1. The van der Waals surface area contributed by atoms with Crippen molar-refractivity contribution in [2.45, 2.75) is 26.8 Å². The number of nitrogen functional groups attached to an aromatic ring is 1. The lowest BCUT2D eigenvalue weighted by atomic mass is 10.4. The first-order valence-corrected chi connectivity index (χ1v) is 5.94. The second-order valence-corrected chi connectivity index (χ2v) is 3.77. The number of nitrogens with two attached hydrogens (primary N) is 1. The molecule has 0 saturated heterocycles. The normalized spacial score (nSPS) is 10.6. The van der Waals surface area contributed by atoms with E-state index in [0.29, 0.717) is 24.6 Å². The molecule has 8 heteroatoms. The Hall–Kier alpha value is -2.38. The lowest BCUT2D eigenvalue weighted by Crippen LogP contribution is -2.11. The molecule has 8 nitrogen and oxygen atoms in total. The van der Waals surface area contributed by atoms with Gasteiger partial charge in [0.2, 0.25) is 6.39 Å². The number of aromatic nitrogens is 4. The van der Waals surface area contributed by atoms with Crippen molar-refractivity contribution >= 4 is 11.8 Å². The van der Waals surface area contributed by atoms with Gasteiger partial charge in [0.25, 0.3) is 0 Å². The maximum absolute atomic E-state index is 11.7. The quantitative estimate of drug-likeness (QED) is 0.790. The molecule has 0 bridgehead atoms. The van der Waals surface area contributed by atoms with Crippen LogP contribution in [0.2, 0.25) is 0 Å². The minimum absolute atomic E-state index is 0.127. The zero-order valence-corrected chi connectivity index (χ0v) is 10.8. The zero-order valence-electron chi connectivity index (χ0n) is 10.8. The fourth-order valence-electron chi connectivity index (χ4n) is 1.71. The van der Waals surface area contributed by atoms with E-state index in [9.17, 15) is 4.79 Å². The van der Waals surface area contributed by atoms with E-state index in [2.05, 4.69) is 19.6 Å². The Morgan fingerprint density at radius 3 is 2.89 bits per heavy atom. The van der Waals surface area contributed by atoms with Gasteiger partial charge in [-0.05, 0) is 6.92 Å². The maximum Gasteiger partial charge on any atom is 0.360 e. The SMILES string of the molecule is CCOC(=O)c1nc(CC)n(Cc2ncon2)c1N. The molecule has 0 saturated carbocycles. The average Bonchev–Trinajstić information content (AvgIpc) is 3.00. The van der Waals surface area contributed by atoms with Gasteiger partial charge in [-0.25, -0.2) is 9.78 Å². The number of nitrogens with zero attached hydrogens (tertiary/aromatic N) is 4. The second kappa shape index (κ2) is 5.51. The summed E-state index contributed by atoms with van der Waals surface area (Å²) in [4.78, 5) is 19.8. The van der Waals surface area contributed by atoms with Crippen molar-refractivity contribution in [2.75, 3.05) is 12.3 Å². The van der Waals surface area contributed by atoms with Crippen LogP contribution in [0, 0.1) is 0 Å². The Balaban J connectivity index is 2.34. The molecule has 2 N–H and O–H groups in total. The molecule has 0 aliphatic heterocycles. The summed E-state index contributed by atoms with van der Waals surface area (Å²) in [5, 5.41) is 3.71. The van der Waals surface area contributed by atoms with Gasteiger partial charge in [0.1, 0.15) is 11.6 Å². The van der Waals surface area contributed by atoms with Crippen LogP contribution >= 0.6 is 0 Å². The van der Waals surface area contributed by atoms with Crippen molar-refractivity contribution in [3.8, 4) is 0 Å². The standard InChI is InChI=1S/C11H15N5O3/c1-3-8-14-9(11(17)18-4-2)10(12)16(8)5-7-13-6-19-15-7/h6H,3-5,12H2,1-2H3. The van der Waals surface area contributed by atoms with Crippen molar-refractivity contribution in [1.29, 1.82) is 0 Å². The molecule has 0 aliphatic rings. The molecule has 0 unspecified atom stereocenters. The number of hydrogen-bond donors (Lipinski definition) is 1. The molecular formula is C11H15N5O3. The predicted molar refractivity (Wildman–Crippen MR) is 65.4 cm³/mol. The molecule has 2 aromatic heterocycles. The summed E-state index contributed by atoms with van der Waals surface area (Å²) in [6, 6.07) is 0. The molecule has 2 rings (SSSR count). The number of anilines is 1. The van der Waals surface area contributed by atoms with Crippen molar-refractivity contribution in [1.82, 2.24) is 19.7 Å². The van der Waals surface area contributed by atoms with Crippen LogP contribution in [0.4, 0.5) is 5.82 Å². The van der Waals surface area contributed by atoms with Crippen LogP contribution in [0.25, 0.3) is 0 Å². The van der Waals surface area contributed by atoms with Crippen LogP contribution in [-0.2, 0) is 17.7 Å². The van der Waals surface area contributed by atoms with Crippen LogP contribution in [0.15, 0.2) is 10.9 Å². The summed E-state index contributed by atoms with van der Waals surface area (Å²) >= 11 is 0. The second-order valence-electron chi connectivity index (χ2n) is 3.77. The Labute approximate surface area is 109 Å². The van der Waals surface area contributed by atoms with E-state index < -0.39 is 5.97 Å². The molecule has 0 spiro atoms. The van der Waals surface area contributed by atoms with Gasteiger partial charge in [0.05, 0.1) is 13.2 Å². The highest BCUT2D eigenvalue weighted by Gasteiger charge is 2.21. The Morgan fingerprint density at radius 2 is 2.32 bits per heavy atom. The molecule has 0 fully saturated rings. The largest absolute Gasteiger partial charge is 0.461 e. The van der Waals surface area contributed by atoms with Crippen molar-refractivity contribution < 1.29 is 14.1 Å². The first-order chi connectivity index (χ1) is 9.17. The van der Waals surface area contributed by atoms with Gasteiger partial charge in [-0.2, -0.15) is 4.98 Å². The van der Waals surface area contributed by atoms with Crippen molar-refractivity contribution in [3.05, 3.63) is 23.7 Å². The number of aryl methyl sites for hydroxylation is 1. The molecule has 2 heterocycles. The summed E-state index contributed by atoms with van der Waals surface area (Å²) < 4.78 is 11.3. The van der Waals surface area contributed by atoms with Gasteiger partial charge in [0, 0.05) is 6.42 Å². The van der Waals surface area contributed by atoms with Crippen LogP contribution in [0.3, 0.4) is 0 Å². The molecular weight excluding hydrogens is 250 g/mol. The van der Waals surface area contributed by atoms with Gasteiger partial charge < -0.3 is 19.6 Å². The number of esters is 1. The van der Waals surface area contributed by atoms with E-state index in [1.54, 1.807) is 11.5 Å². The lowest BCUT2D eigenvalue weighted by molar-refractivity contribution is 0.0521. The number of carbonyl (C=O) groups is 1. The molecule has 0 aromatic carbocycles. The minimum atomic E-state index is -0.526. The summed E-state index contributed by atoms with van der Waals surface area (Å²) in [5.74, 6) is 0.862. The first kappa shape index (κ1) is 13.1. The van der Waals surface area contributed by atoms with Crippen LogP contribution in [-0.4, -0.2) is 32.3 Å². The van der Waals surface area contributed by atoms with E-state index in [4.69, 9.17) is 10.5 Å². The van der Waals surface area contributed by atoms with Crippen LogP contribution in [0.5, 0.6) is 0 Å². The highest BCUT2D eigenvalue weighted by molar-refractivity contribution is 5.92. The van der Waals surface area contributed by atoms with E-state index >= 15 is 0 Å². The lowest BCUT2D eigenvalue weighted by Gasteiger charge is -2.05. The number of ether oxygens (including phenoxy) is 1. The number of hydrogen-bond acceptors (Lipinski definition) is 7. The van der Waals surface area contributed by atoms with Crippen molar-refractivity contribution in [3.63, 3.8) is 0 Å². The average molecular weight is 265 g/mol. The monoisotopic (exact) mass is 265 g/mol. The minimum Gasteiger partial charge on any atom is -0.461 e. The maximum atomic E-state index is 11.7. The fourth-order valence-corrected chi connectivity index (χ4v) is 1.71. The molecule has 102 valence electrons. The highest BCUT2D eigenvalue weighted by Crippen LogP contribution is 2.17. The number of carbonyl (C=O) groups excluding carboxylic acids is 1. The van der Waals surface area contributed by atoms with Gasteiger partial charge >= 0.3 is 5.97 Å². The summed E-state index contributed by atoms with van der Waals surface area (Å²) in [6.45, 7) is 4.23. The predicted octanol–water partition coefficient (Wildman–Crippen LogP) is 0.636. The molecule has 0 aliphatic carbocycles. The third-order valence-electron chi connectivity index (χ3n) is 2.58. The third kappa shape index (κ3) is 2.56. The highest BCUT2D eigenvalue weighted by atomic mass is 16.5. The smallest absolute Gasteiger partial charge is 0.360 e. The molecule has 0 amide bonds. The van der Waals surface area contributed by atoms with Crippen LogP contribution in [0.1, 0.15) is 36.0 Å². The first-order valence-electron chi connectivity index (χ1n) is 5.94. The Morgan fingerprint density at radius 1 is 1.53 bits per heavy atom. The summed E-state index contributed by atoms with van der Waals surface area (Å²) in [6.07, 6.45) is 1.86. The summed E-state index contributed by atoms with van der Waals surface area (Å²) in [7, 11) is 0. The Kier molecular flexibility index (Phi) is 3.79. The van der Waals surface area contributed by atoms with Gasteiger partial charge in [-0.15, -0.1) is 0 Å². The zero-order chi connectivity index (χ0) is 13.8. The van der Waals surface area contributed by atoms with Gasteiger partial charge in [-0.1, -0.05) is 12.1 Å². The molecule has 0 radical (unpaired) electrons. The van der Waals surface area contributed by atoms with E-state index in [1.165, 1.54) is 6.39 Å². The van der Waals surface area contributed by atoms with E-state index in [1.807, 2.05) is 6.92 Å². The fraction of sp³-hybridized carbons (Fsp3) is 0.455. The topological polar surface area (TPSA) is 109 Å². The third-order valence-corrected chi connectivity index (χ3v) is 2.58. The van der Waals surface area contributed by atoms with E-state index in [0.717, 1.165) is 0 Å². The molecule has 2 aromatic rings. The number of rotatable bonds is 5. The van der Waals surface area contributed by atoms with E-state index in [-0.39, 0.29) is 18.1 Å². The van der Waals surface area contributed by atoms with Gasteiger partial charge in [0.15, 0.2) is 11.5 Å². The van der Waals surface area contributed by atoms with Crippen LogP contribution < -0.4 is 5.73 Å².